The van der Waals surface area contributed by atoms with Gasteiger partial charge in [-0.05, 0) is 39.3 Å². The molecule has 0 saturated carbocycles. The SMILES string of the molecule is CC(C)NC(=O)c1ccc(C(C)(C)S)cn1. The van der Waals surface area contributed by atoms with Crippen molar-refractivity contribution in [2.75, 3.05) is 0 Å². The minimum atomic E-state index is -0.236. The number of nitrogens with zero attached hydrogens (tertiary/aromatic N) is 1. The van der Waals surface area contributed by atoms with E-state index in [2.05, 4.69) is 22.9 Å². The van der Waals surface area contributed by atoms with Gasteiger partial charge in [-0.2, -0.15) is 12.6 Å². The Bertz CT molecular complexity index is 366. The zero-order valence-corrected chi connectivity index (χ0v) is 11.0. The van der Waals surface area contributed by atoms with Crippen LogP contribution in [0.4, 0.5) is 0 Å². The highest BCUT2D eigenvalue weighted by atomic mass is 32.1. The van der Waals surface area contributed by atoms with Gasteiger partial charge < -0.3 is 5.32 Å². The first kappa shape index (κ1) is 13.0. The average Bonchev–Trinajstić information content (AvgIpc) is 2.15. The number of rotatable bonds is 3. The van der Waals surface area contributed by atoms with Gasteiger partial charge in [0.1, 0.15) is 5.69 Å². The lowest BCUT2D eigenvalue weighted by molar-refractivity contribution is 0.0938. The second-order valence-corrected chi connectivity index (χ2v) is 5.74. The van der Waals surface area contributed by atoms with Crippen LogP contribution in [0.25, 0.3) is 0 Å². The molecule has 1 aromatic rings. The lowest BCUT2D eigenvalue weighted by Gasteiger charge is -2.17. The number of carbonyl (C=O) groups is 1. The van der Waals surface area contributed by atoms with Crippen LogP contribution in [0.1, 0.15) is 43.7 Å². The monoisotopic (exact) mass is 238 g/mol. The van der Waals surface area contributed by atoms with Crippen LogP contribution in [0.3, 0.4) is 0 Å². The van der Waals surface area contributed by atoms with Crippen molar-refractivity contribution in [1.29, 1.82) is 0 Å². The molecule has 0 radical (unpaired) electrons. The molecule has 0 spiro atoms. The van der Waals surface area contributed by atoms with E-state index < -0.39 is 0 Å². The molecule has 0 bridgehead atoms. The minimum absolute atomic E-state index is 0.121. The Morgan fingerprint density at radius 1 is 1.44 bits per heavy atom. The van der Waals surface area contributed by atoms with E-state index >= 15 is 0 Å². The Labute approximate surface area is 102 Å². The second kappa shape index (κ2) is 4.87. The molecule has 1 rings (SSSR count). The summed E-state index contributed by atoms with van der Waals surface area (Å²) < 4.78 is -0.236. The molecule has 0 aromatic carbocycles. The molecule has 1 N–H and O–H groups in total. The normalized spacial score (nSPS) is 11.6. The maximum Gasteiger partial charge on any atom is 0.270 e. The lowest BCUT2D eigenvalue weighted by Crippen LogP contribution is -2.30. The number of nitrogens with one attached hydrogen (secondary N) is 1. The van der Waals surface area contributed by atoms with Gasteiger partial charge in [0, 0.05) is 17.0 Å². The third kappa shape index (κ3) is 3.52. The maximum atomic E-state index is 11.6. The molecule has 0 unspecified atom stereocenters. The van der Waals surface area contributed by atoms with E-state index in [1.165, 1.54) is 0 Å². The fraction of sp³-hybridized carbons (Fsp3) is 0.500. The summed E-state index contributed by atoms with van der Waals surface area (Å²) in [5.41, 5.74) is 1.44. The van der Waals surface area contributed by atoms with Gasteiger partial charge in [0.25, 0.3) is 5.91 Å². The van der Waals surface area contributed by atoms with Gasteiger partial charge >= 0.3 is 0 Å². The van der Waals surface area contributed by atoms with E-state index in [1.54, 1.807) is 12.3 Å². The first-order valence-corrected chi connectivity index (χ1v) is 5.75. The topological polar surface area (TPSA) is 42.0 Å². The molecule has 0 aliphatic rings. The molecule has 0 aliphatic heterocycles. The fourth-order valence-corrected chi connectivity index (χ4v) is 1.36. The Kier molecular flexibility index (Phi) is 3.97. The van der Waals surface area contributed by atoms with Crippen LogP contribution < -0.4 is 5.32 Å². The molecule has 1 heterocycles. The van der Waals surface area contributed by atoms with E-state index in [4.69, 9.17) is 0 Å². The fourth-order valence-electron chi connectivity index (χ4n) is 1.23. The largest absolute Gasteiger partial charge is 0.349 e. The van der Waals surface area contributed by atoms with E-state index in [-0.39, 0.29) is 16.7 Å². The summed E-state index contributed by atoms with van der Waals surface area (Å²) in [5, 5.41) is 2.80. The first-order chi connectivity index (χ1) is 7.30. The summed E-state index contributed by atoms with van der Waals surface area (Å²) in [6.45, 7) is 7.81. The van der Waals surface area contributed by atoms with Crippen LogP contribution in [-0.4, -0.2) is 16.9 Å². The van der Waals surface area contributed by atoms with Crippen molar-refractivity contribution in [3.63, 3.8) is 0 Å². The molecule has 0 atom stereocenters. The molecule has 0 saturated heterocycles. The Hall–Kier alpha value is -1.03. The van der Waals surface area contributed by atoms with E-state index in [1.807, 2.05) is 33.8 Å². The molecule has 3 nitrogen and oxygen atoms in total. The van der Waals surface area contributed by atoms with Gasteiger partial charge in [-0.15, -0.1) is 0 Å². The third-order valence-electron chi connectivity index (χ3n) is 2.12. The number of amides is 1. The number of pyridine rings is 1. The molecular weight excluding hydrogens is 220 g/mol. The highest BCUT2D eigenvalue weighted by molar-refractivity contribution is 7.81. The van der Waals surface area contributed by atoms with Gasteiger partial charge in [0.15, 0.2) is 0 Å². The zero-order chi connectivity index (χ0) is 12.3. The lowest BCUT2D eigenvalue weighted by atomic mass is 10.0. The van der Waals surface area contributed by atoms with E-state index in [9.17, 15) is 4.79 Å². The number of hydrogen-bond donors (Lipinski definition) is 2. The van der Waals surface area contributed by atoms with E-state index in [0.29, 0.717) is 5.69 Å². The molecule has 88 valence electrons. The van der Waals surface area contributed by atoms with Gasteiger partial charge in [-0.1, -0.05) is 6.07 Å². The number of carbonyl (C=O) groups excluding carboxylic acids is 1. The van der Waals surface area contributed by atoms with Crippen LogP contribution in [0.2, 0.25) is 0 Å². The minimum Gasteiger partial charge on any atom is -0.349 e. The summed E-state index contributed by atoms with van der Waals surface area (Å²) in [5.74, 6) is -0.140. The van der Waals surface area contributed by atoms with Crippen molar-refractivity contribution in [2.45, 2.75) is 38.5 Å². The Morgan fingerprint density at radius 2 is 2.06 bits per heavy atom. The number of hydrogen-bond acceptors (Lipinski definition) is 3. The summed E-state index contributed by atoms with van der Waals surface area (Å²) in [7, 11) is 0. The number of aromatic nitrogens is 1. The van der Waals surface area contributed by atoms with Gasteiger partial charge in [0.2, 0.25) is 0 Å². The van der Waals surface area contributed by atoms with Gasteiger partial charge in [-0.25, -0.2) is 0 Å². The maximum absolute atomic E-state index is 11.6. The molecule has 1 amide bonds. The first-order valence-electron chi connectivity index (χ1n) is 5.30. The van der Waals surface area contributed by atoms with Crippen LogP contribution in [-0.2, 0) is 4.75 Å². The second-order valence-electron chi connectivity index (χ2n) is 4.62. The predicted molar refractivity (Wildman–Crippen MR) is 68.9 cm³/mol. The zero-order valence-electron chi connectivity index (χ0n) is 10.1. The van der Waals surface area contributed by atoms with Crippen molar-refractivity contribution < 1.29 is 4.79 Å². The smallest absolute Gasteiger partial charge is 0.270 e. The average molecular weight is 238 g/mol. The highest BCUT2D eigenvalue weighted by Gasteiger charge is 2.16. The predicted octanol–water partition coefficient (Wildman–Crippen LogP) is 2.38. The molecular formula is C12H18N2OS. The summed E-state index contributed by atoms with van der Waals surface area (Å²) in [6, 6.07) is 3.73. The molecule has 0 aliphatic carbocycles. The summed E-state index contributed by atoms with van der Waals surface area (Å²) in [4.78, 5) is 15.8. The van der Waals surface area contributed by atoms with Crippen LogP contribution in [0, 0.1) is 0 Å². The molecule has 0 fully saturated rings. The van der Waals surface area contributed by atoms with Crippen molar-refractivity contribution in [2.24, 2.45) is 0 Å². The van der Waals surface area contributed by atoms with Gasteiger partial charge in [0.05, 0.1) is 0 Å². The third-order valence-corrected chi connectivity index (χ3v) is 2.38. The van der Waals surface area contributed by atoms with Crippen molar-refractivity contribution in [3.8, 4) is 0 Å². The van der Waals surface area contributed by atoms with Crippen molar-refractivity contribution >= 4 is 18.5 Å². The molecule has 16 heavy (non-hydrogen) atoms. The molecule has 4 heteroatoms. The summed E-state index contributed by atoms with van der Waals surface area (Å²) >= 11 is 4.45. The van der Waals surface area contributed by atoms with Crippen LogP contribution in [0.15, 0.2) is 18.3 Å². The van der Waals surface area contributed by atoms with Crippen LogP contribution in [0.5, 0.6) is 0 Å². The van der Waals surface area contributed by atoms with Crippen LogP contribution >= 0.6 is 12.6 Å². The van der Waals surface area contributed by atoms with E-state index in [0.717, 1.165) is 5.56 Å². The highest BCUT2D eigenvalue weighted by Crippen LogP contribution is 2.25. The quantitative estimate of drug-likeness (QED) is 0.794. The standard InChI is InChI=1S/C12H18N2OS/c1-8(2)14-11(15)10-6-5-9(7-13-10)12(3,4)16/h5-8,16H,1-4H3,(H,14,15). The number of thiol groups is 1. The Morgan fingerprint density at radius 3 is 2.44 bits per heavy atom. The van der Waals surface area contributed by atoms with Crippen molar-refractivity contribution in [1.82, 2.24) is 10.3 Å². The summed E-state index contributed by atoms with van der Waals surface area (Å²) in [6.07, 6.45) is 1.70. The van der Waals surface area contributed by atoms with Crippen molar-refractivity contribution in [3.05, 3.63) is 29.6 Å². The van der Waals surface area contributed by atoms with Gasteiger partial charge in [-0.3, -0.25) is 9.78 Å². The Balaban J connectivity index is 2.83. The molecule has 1 aromatic heterocycles.